The lowest BCUT2D eigenvalue weighted by molar-refractivity contribution is 0.0706. The van der Waals surface area contributed by atoms with Crippen molar-refractivity contribution in [3.8, 4) is 11.4 Å². The van der Waals surface area contributed by atoms with Gasteiger partial charge in [-0.1, -0.05) is 30.3 Å². The number of carbonyl (C=O) groups excluding carboxylic acids is 1. The Morgan fingerprint density at radius 2 is 1.69 bits per heavy atom. The topological polar surface area (TPSA) is 71.2 Å². The van der Waals surface area contributed by atoms with E-state index in [-0.39, 0.29) is 11.7 Å². The molecule has 1 aliphatic rings. The summed E-state index contributed by atoms with van der Waals surface area (Å²) in [6.07, 6.45) is 3.34. The molecule has 2 heterocycles. The van der Waals surface area contributed by atoms with Crippen molar-refractivity contribution in [2.45, 2.75) is 18.8 Å². The molecule has 1 amide bonds. The highest BCUT2D eigenvalue weighted by molar-refractivity contribution is 5.92. The predicted molar refractivity (Wildman–Crippen MR) is 97.3 cm³/mol. The van der Waals surface area contributed by atoms with Gasteiger partial charge >= 0.3 is 0 Å². The number of rotatable bonds is 3. The molecule has 132 valence electrons. The van der Waals surface area contributed by atoms with E-state index in [4.69, 9.17) is 0 Å². The fraction of sp³-hybridized carbons (Fsp3) is 0.250. The number of hydrogen-bond acceptors (Lipinski definition) is 4. The maximum atomic E-state index is 12.7. The number of aromatic nitrogens is 3. The normalized spacial score (nSPS) is 15.2. The predicted octanol–water partition coefficient (Wildman–Crippen LogP) is 2.99. The Balaban J connectivity index is 1.41. The van der Waals surface area contributed by atoms with Crippen molar-refractivity contribution in [3.63, 3.8) is 0 Å². The van der Waals surface area contributed by atoms with Crippen molar-refractivity contribution < 1.29 is 9.90 Å². The van der Waals surface area contributed by atoms with Crippen LogP contribution in [0.3, 0.4) is 0 Å². The molecule has 0 radical (unpaired) electrons. The number of para-hydroxylation sites is 1. The number of carbonyl (C=O) groups is 1. The Hall–Kier alpha value is -3.15. The summed E-state index contributed by atoms with van der Waals surface area (Å²) in [5, 5.41) is 17.9. The molecule has 0 bridgehead atoms. The lowest BCUT2D eigenvalue weighted by Gasteiger charge is -2.31. The number of likely N-dealkylation sites (tertiary alicyclic amines) is 1. The van der Waals surface area contributed by atoms with Crippen LogP contribution < -0.4 is 0 Å². The quantitative estimate of drug-likeness (QED) is 0.790. The number of benzene rings is 2. The van der Waals surface area contributed by atoms with Crippen molar-refractivity contribution in [1.82, 2.24) is 19.9 Å². The molecule has 6 heteroatoms. The molecule has 0 unspecified atom stereocenters. The van der Waals surface area contributed by atoms with E-state index >= 15 is 0 Å². The first-order valence-electron chi connectivity index (χ1n) is 8.77. The van der Waals surface area contributed by atoms with Crippen molar-refractivity contribution in [2.75, 3.05) is 13.1 Å². The summed E-state index contributed by atoms with van der Waals surface area (Å²) < 4.78 is 0. The number of aromatic hydroxyl groups is 1. The van der Waals surface area contributed by atoms with Crippen LogP contribution in [0.4, 0.5) is 0 Å². The van der Waals surface area contributed by atoms with Crippen LogP contribution >= 0.6 is 0 Å². The lowest BCUT2D eigenvalue weighted by Crippen LogP contribution is -2.38. The molecule has 6 nitrogen and oxygen atoms in total. The van der Waals surface area contributed by atoms with Gasteiger partial charge < -0.3 is 10.0 Å². The van der Waals surface area contributed by atoms with E-state index < -0.39 is 0 Å². The fourth-order valence-electron chi connectivity index (χ4n) is 3.37. The van der Waals surface area contributed by atoms with Crippen LogP contribution in [0.2, 0.25) is 0 Å². The van der Waals surface area contributed by atoms with E-state index in [2.05, 4.69) is 10.2 Å². The summed E-state index contributed by atoms with van der Waals surface area (Å²) >= 11 is 0. The summed E-state index contributed by atoms with van der Waals surface area (Å²) in [4.78, 5) is 16.0. The molecule has 1 fully saturated rings. The van der Waals surface area contributed by atoms with Crippen LogP contribution in [-0.4, -0.2) is 44.0 Å². The van der Waals surface area contributed by atoms with Gasteiger partial charge in [-0.2, -0.15) is 9.90 Å². The van der Waals surface area contributed by atoms with Crippen LogP contribution in [0.5, 0.6) is 5.75 Å². The van der Waals surface area contributed by atoms with Gasteiger partial charge in [0.2, 0.25) is 0 Å². The smallest absolute Gasteiger partial charge is 0.276 e. The second-order valence-electron chi connectivity index (χ2n) is 6.51. The van der Waals surface area contributed by atoms with Gasteiger partial charge in [-0.3, -0.25) is 4.79 Å². The highest BCUT2D eigenvalue weighted by Gasteiger charge is 2.26. The van der Waals surface area contributed by atoms with Gasteiger partial charge in [0.05, 0.1) is 11.9 Å². The third kappa shape index (κ3) is 3.31. The molecule has 0 aliphatic carbocycles. The van der Waals surface area contributed by atoms with E-state index in [1.807, 2.05) is 47.4 Å². The summed E-state index contributed by atoms with van der Waals surface area (Å²) in [5.41, 5.74) is 2.42. The highest BCUT2D eigenvalue weighted by atomic mass is 16.3. The van der Waals surface area contributed by atoms with E-state index in [1.54, 1.807) is 12.1 Å². The maximum absolute atomic E-state index is 12.7. The zero-order chi connectivity index (χ0) is 17.9. The summed E-state index contributed by atoms with van der Waals surface area (Å²) in [6, 6.07) is 16.9. The minimum atomic E-state index is -0.0728. The molecule has 4 rings (SSSR count). The van der Waals surface area contributed by atoms with E-state index in [0.29, 0.717) is 24.7 Å². The molecular formula is C20H20N4O2. The van der Waals surface area contributed by atoms with Gasteiger partial charge in [0.15, 0.2) is 5.69 Å². The fourth-order valence-corrected chi connectivity index (χ4v) is 3.37. The Kier molecular flexibility index (Phi) is 4.39. The Morgan fingerprint density at radius 1 is 1.00 bits per heavy atom. The first-order chi connectivity index (χ1) is 12.7. The van der Waals surface area contributed by atoms with Crippen LogP contribution in [0.1, 0.15) is 34.8 Å². The third-order valence-corrected chi connectivity index (χ3v) is 4.84. The summed E-state index contributed by atoms with van der Waals surface area (Å²) in [5.74, 6) is 0.624. The first kappa shape index (κ1) is 16.3. The van der Waals surface area contributed by atoms with Gasteiger partial charge in [0.25, 0.3) is 5.91 Å². The van der Waals surface area contributed by atoms with Gasteiger partial charge in [0, 0.05) is 13.1 Å². The number of piperidine rings is 1. The number of phenolic OH excluding ortho intramolecular Hbond substituents is 1. The van der Waals surface area contributed by atoms with Gasteiger partial charge in [-0.15, -0.1) is 5.10 Å². The Labute approximate surface area is 151 Å². The zero-order valence-electron chi connectivity index (χ0n) is 14.3. The van der Waals surface area contributed by atoms with Crippen LogP contribution in [0.15, 0.2) is 60.8 Å². The minimum Gasteiger partial charge on any atom is -0.508 e. The molecule has 26 heavy (non-hydrogen) atoms. The van der Waals surface area contributed by atoms with E-state index in [1.165, 1.54) is 16.6 Å². The third-order valence-electron chi connectivity index (χ3n) is 4.84. The number of nitrogens with zero attached hydrogens (tertiary/aromatic N) is 4. The van der Waals surface area contributed by atoms with Crippen molar-refractivity contribution in [2.24, 2.45) is 0 Å². The standard InChI is InChI=1S/C20H20N4O2/c25-18-8-6-15(7-9-18)16-10-12-23(13-11-16)20(26)19-14-21-24(22-19)17-4-2-1-3-5-17/h1-9,14,16,25H,10-13H2. The Bertz CT molecular complexity index is 882. The molecule has 1 N–H and O–H groups in total. The van der Waals surface area contributed by atoms with Crippen LogP contribution in [-0.2, 0) is 0 Å². The van der Waals surface area contributed by atoms with Crippen molar-refractivity contribution in [1.29, 1.82) is 0 Å². The molecule has 0 saturated carbocycles. The van der Waals surface area contributed by atoms with Crippen LogP contribution in [0, 0.1) is 0 Å². The van der Waals surface area contributed by atoms with E-state index in [0.717, 1.165) is 18.5 Å². The zero-order valence-corrected chi connectivity index (χ0v) is 14.3. The SMILES string of the molecule is O=C(c1cnn(-c2ccccc2)n1)N1CCC(c2ccc(O)cc2)CC1. The number of phenols is 1. The monoisotopic (exact) mass is 348 g/mol. The largest absolute Gasteiger partial charge is 0.508 e. The molecule has 1 saturated heterocycles. The highest BCUT2D eigenvalue weighted by Crippen LogP contribution is 2.29. The molecule has 0 atom stereocenters. The van der Waals surface area contributed by atoms with E-state index in [9.17, 15) is 9.90 Å². The molecule has 3 aromatic rings. The second kappa shape index (κ2) is 7.00. The molecule has 0 spiro atoms. The number of amides is 1. The second-order valence-corrected chi connectivity index (χ2v) is 6.51. The van der Waals surface area contributed by atoms with Gasteiger partial charge in [0.1, 0.15) is 5.75 Å². The lowest BCUT2D eigenvalue weighted by atomic mass is 9.89. The average Bonchev–Trinajstić information content (AvgIpc) is 3.19. The van der Waals surface area contributed by atoms with Gasteiger partial charge in [-0.05, 0) is 48.6 Å². The summed E-state index contributed by atoms with van der Waals surface area (Å²) in [7, 11) is 0. The molecular weight excluding hydrogens is 328 g/mol. The maximum Gasteiger partial charge on any atom is 0.276 e. The molecule has 2 aromatic carbocycles. The molecule has 1 aliphatic heterocycles. The Morgan fingerprint density at radius 3 is 2.38 bits per heavy atom. The van der Waals surface area contributed by atoms with Crippen LogP contribution in [0.25, 0.3) is 5.69 Å². The molecule has 1 aromatic heterocycles. The summed E-state index contributed by atoms with van der Waals surface area (Å²) in [6.45, 7) is 1.39. The van der Waals surface area contributed by atoms with Crippen molar-refractivity contribution >= 4 is 5.91 Å². The van der Waals surface area contributed by atoms with Crippen molar-refractivity contribution in [3.05, 3.63) is 72.1 Å². The van der Waals surface area contributed by atoms with Gasteiger partial charge in [-0.25, -0.2) is 0 Å². The first-order valence-corrected chi connectivity index (χ1v) is 8.77. The number of hydrogen-bond donors (Lipinski definition) is 1. The average molecular weight is 348 g/mol. The minimum absolute atomic E-state index is 0.0728.